The second kappa shape index (κ2) is 4.57. The number of aromatic hydroxyl groups is 1. The fraction of sp³-hybridized carbons (Fsp3) is 0.0667. The Labute approximate surface area is 110 Å². The van der Waals surface area contributed by atoms with E-state index in [4.69, 9.17) is 10.5 Å². The van der Waals surface area contributed by atoms with Crippen molar-refractivity contribution < 1.29 is 9.84 Å². The van der Waals surface area contributed by atoms with E-state index in [9.17, 15) is 5.11 Å². The molecule has 0 atom stereocenters. The van der Waals surface area contributed by atoms with Gasteiger partial charge in [0, 0.05) is 28.4 Å². The molecule has 4 nitrogen and oxygen atoms in total. The molecule has 3 aromatic rings. The van der Waals surface area contributed by atoms with Gasteiger partial charge in [0.25, 0.3) is 0 Å². The molecule has 0 bridgehead atoms. The smallest absolute Gasteiger partial charge is 0.120 e. The number of H-pyrrole nitrogens is 1. The van der Waals surface area contributed by atoms with E-state index in [0.717, 1.165) is 27.9 Å². The molecule has 0 saturated carbocycles. The van der Waals surface area contributed by atoms with Crippen LogP contribution in [0.1, 0.15) is 5.56 Å². The second-order valence-electron chi connectivity index (χ2n) is 4.40. The van der Waals surface area contributed by atoms with Crippen molar-refractivity contribution in [2.75, 3.05) is 5.73 Å². The lowest BCUT2D eigenvalue weighted by Gasteiger charge is -2.05. The Morgan fingerprint density at radius 3 is 2.68 bits per heavy atom. The van der Waals surface area contributed by atoms with Crippen molar-refractivity contribution >= 4 is 16.6 Å². The number of anilines is 1. The van der Waals surface area contributed by atoms with Crippen molar-refractivity contribution in [3.05, 3.63) is 54.2 Å². The highest BCUT2D eigenvalue weighted by atomic mass is 16.5. The van der Waals surface area contributed by atoms with Crippen LogP contribution in [0, 0.1) is 0 Å². The number of aromatic nitrogens is 1. The number of aromatic amines is 1. The van der Waals surface area contributed by atoms with Crippen LogP contribution in [0.25, 0.3) is 10.9 Å². The maximum Gasteiger partial charge on any atom is 0.120 e. The number of fused-ring (bicyclic) bond motifs is 1. The van der Waals surface area contributed by atoms with Crippen molar-refractivity contribution in [3.63, 3.8) is 0 Å². The zero-order chi connectivity index (χ0) is 13.2. The lowest BCUT2D eigenvalue weighted by Crippen LogP contribution is -1.94. The lowest BCUT2D eigenvalue weighted by atomic mass is 10.1. The molecule has 0 spiro atoms. The molecule has 0 aliphatic rings. The fourth-order valence-corrected chi connectivity index (χ4v) is 2.02. The first-order valence-electron chi connectivity index (χ1n) is 6.00. The van der Waals surface area contributed by atoms with Gasteiger partial charge in [-0.3, -0.25) is 0 Å². The van der Waals surface area contributed by atoms with Crippen LogP contribution in [0.4, 0.5) is 5.69 Å². The summed E-state index contributed by atoms with van der Waals surface area (Å²) in [6, 6.07) is 12.4. The van der Waals surface area contributed by atoms with Crippen molar-refractivity contribution in [2.24, 2.45) is 0 Å². The molecule has 4 N–H and O–H groups in total. The van der Waals surface area contributed by atoms with Gasteiger partial charge in [-0.1, -0.05) is 0 Å². The number of hydrogen-bond donors (Lipinski definition) is 3. The maximum absolute atomic E-state index is 9.21. The third-order valence-electron chi connectivity index (χ3n) is 3.02. The summed E-state index contributed by atoms with van der Waals surface area (Å²) >= 11 is 0. The number of nitrogen functional groups attached to an aromatic ring is 1. The van der Waals surface area contributed by atoms with Crippen molar-refractivity contribution in [3.8, 4) is 11.5 Å². The van der Waals surface area contributed by atoms with Gasteiger partial charge in [0.2, 0.25) is 0 Å². The molecule has 4 heteroatoms. The first-order chi connectivity index (χ1) is 9.22. The van der Waals surface area contributed by atoms with Crippen molar-refractivity contribution in [1.82, 2.24) is 4.98 Å². The number of benzene rings is 2. The van der Waals surface area contributed by atoms with Gasteiger partial charge in [-0.2, -0.15) is 0 Å². The van der Waals surface area contributed by atoms with Gasteiger partial charge < -0.3 is 20.6 Å². The topological polar surface area (TPSA) is 71.3 Å². The van der Waals surface area contributed by atoms with Crippen LogP contribution in [0.2, 0.25) is 0 Å². The number of ether oxygens (including phenoxy) is 1. The van der Waals surface area contributed by atoms with E-state index >= 15 is 0 Å². The molecule has 3 rings (SSSR count). The van der Waals surface area contributed by atoms with Crippen LogP contribution in [0.5, 0.6) is 11.5 Å². The number of hydrogen-bond acceptors (Lipinski definition) is 3. The molecular formula is C15H14N2O2. The van der Waals surface area contributed by atoms with E-state index in [0.29, 0.717) is 6.61 Å². The molecule has 0 fully saturated rings. The second-order valence-corrected chi connectivity index (χ2v) is 4.40. The monoisotopic (exact) mass is 254 g/mol. The van der Waals surface area contributed by atoms with Gasteiger partial charge in [-0.25, -0.2) is 0 Å². The zero-order valence-electron chi connectivity index (χ0n) is 10.3. The molecule has 0 amide bonds. The summed E-state index contributed by atoms with van der Waals surface area (Å²) in [4.78, 5) is 3.19. The van der Waals surface area contributed by atoms with Gasteiger partial charge in [-0.05, 0) is 42.5 Å². The first kappa shape index (κ1) is 11.5. The minimum atomic E-state index is 0.229. The summed E-state index contributed by atoms with van der Waals surface area (Å²) in [5, 5.41) is 10.3. The summed E-state index contributed by atoms with van der Waals surface area (Å²) in [5.74, 6) is 0.947. The Balaban J connectivity index is 1.81. The van der Waals surface area contributed by atoms with Gasteiger partial charge in [0.05, 0.1) is 0 Å². The Kier molecular flexibility index (Phi) is 2.76. The van der Waals surface area contributed by atoms with Gasteiger partial charge >= 0.3 is 0 Å². The SMILES string of the molecule is Nc1ccc2[nH]cc(COc3ccc(O)cc3)c2c1. The zero-order valence-corrected chi connectivity index (χ0v) is 10.3. The standard InChI is InChI=1S/C15H14N2O2/c16-11-1-6-15-14(7-11)10(8-17-15)9-19-13-4-2-12(18)3-5-13/h1-8,17-18H,9,16H2. The fourth-order valence-electron chi connectivity index (χ4n) is 2.02. The maximum atomic E-state index is 9.21. The minimum Gasteiger partial charge on any atom is -0.508 e. The molecular weight excluding hydrogens is 240 g/mol. The highest BCUT2D eigenvalue weighted by molar-refractivity contribution is 5.85. The summed E-state index contributed by atoms with van der Waals surface area (Å²) < 4.78 is 5.68. The van der Waals surface area contributed by atoms with Crippen LogP contribution < -0.4 is 10.5 Å². The van der Waals surface area contributed by atoms with Crippen LogP contribution in [0.15, 0.2) is 48.7 Å². The summed E-state index contributed by atoms with van der Waals surface area (Å²) in [6.45, 7) is 0.453. The third kappa shape index (κ3) is 2.33. The van der Waals surface area contributed by atoms with Gasteiger partial charge in [0.15, 0.2) is 0 Å². The van der Waals surface area contributed by atoms with Crippen LogP contribution in [-0.4, -0.2) is 10.1 Å². The number of rotatable bonds is 3. The number of phenolic OH excluding ortho intramolecular Hbond substituents is 1. The average molecular weight is 254 g/mol. The molecule has 1 heterocycles. The first-order valence-corrected chi connectivity index (χ1v) is 6.00. The third-order valence-corrected chi connectivity index (χ3v) is 3.02. The number of phenols is 1. The predicted molar refractivity (Wildman–Crippen MR) is 75.1 cm³/mol. The molecule has 2 aromatic carbocycles. The van der Waals surface area contributed by atoms with E-state index in [2.05, 4.69) is 4.98 Å². The van der Waals surface area contributed by atoms with Gasteiger partial charge in [-0.15, -0.1) is 0 Å². The lowest BCUT2D eigenvalue weighted by molar-refractivity contribution is 0.307. The Hall–Kier alpha value is -2.62. The minimum absolute atomic E-state index is 0.229. The molecule has 0 aliphatic heterocycles. The number of nitrogens with one attached hydrogen (secondary N) is 1. The Morgan fingerprint density at radius 1 is 1.11 bits per heavy atom. The van der Waals surface area contributed by atoms with Crippen LogP contribution in [0.3, 0.4) is 0 Å². The molecule has 19 heavy (non-hydrogen) atoms. The van der Waals surface area contributed by atoms with E-state index in [1.807, 2.05) is 24.4 Å². The van der Waals surface area contributed by atoms with Gasteiger partial charge in [0.1, 0.15) is 18.1 Å². The molecule has 0 radical (unpaired) electrons. The van der Waals surface area contributed by atoms with Crippen molar-refractivity contribution in [1.29, 1.82) is 0 Å². The summed E-state index contributed by atoms with van der Waals surface area (Å²) in [5.41, 5.74) is 8.62. The Morgan fingerprint density at radius 2 is 1.89 bits per heavy atom. The van der Waals surface area contributed by atoms with Crippen molar-refractivity contribution in [2.45, 2.75) is 6.61 Å². The van der Waals surface area contributed by atoms with E-state index in [1.54, 1.807) is 24.3 Å². The summed E-state index contributed by atoms with van der Waals surface area (Å²) in [7, 11) is 0. The Bertz CT molecular complexity index is 702. The summed E-state index contributed by atoms with van der Waals surface area (Å²) in [6.07, 6.45) is 1.92. The molecule has 1 aromatic heterocycles. The van der Waals surface area contributed by atoms with Crippen LogP contribution >= 0.6 is 0 Å². The normalized spacial score (nSPS) is 10.7. The largest absolute Gasteiger partial charge is 0.508 e. The predicted octanol–water partition coefficient (Wildman–Crippen LogP) is 3.03. The molecule has 0 saturated heterocycles. The van der Waals surface area contributed by atoms with E-state index in [1.165, 1.54) is 0 Å². The average Bonchev–Trinajstić information content (AvgIpc) is 2.80. The molecule has 96 valence electrons. The highest BCUT2D eigenvalue weighted by Gasteiger charge is 2.05. The quantitative estimate of drug-likeness (QED) is 0.629. The number of nitrogens with two attached hydrogens (primary N) is 1. The van der Waals surface area contributed by atoms with Crippen LogP contribution in [-0.2, 0) is 6.61 Å². The molecule has 0 aliphatic carbocycles. The molecule has 0 unspecified atom stereocenters. The van der Waals surface area contributed by atoms with E-state index < -0.39 is 0 Å². The van der Waals surface area contributed by atoms with E-state index in [-0.39, 0.29) is 5.75 Å². The highest BCUT2D eigenvalue weighted by Crippen LogP contribution is 2.23.